The Hall–Kier alpha value is -3.50. The van der Waals surface area contributed by atoms with Gasteiger partial charge in [-0.05, 0) is 32.9 Å². The molecule has 2 fully saturated rings. The average Bonchev–Trinajstić information content (AvgIpc) is 3.02. The number of carbonyl (C=O) groups excluding carboxylic acids is 2. The number of hydrogen-bond donors (Lipinski definition) is 2. The highest BCUT2D eigenvalue weighted by atomic mass is 19.4. The van der Waals surface area contributed by atoms with Crippen LogP contribution in [0.4, 0.5) is 30.7 Å². The smallest absolute Gasteiger partial charge is 0.475 e. The SMILES string of the molecule is CCOC(=O)[C@]12CCCN(C(=O)c3ccnc(F)c3)C[C@H]1CN(C)C2.O=C(O)C(F)(F)F.O=C(O)C(F)(F)F. The molecule has 3 heterocycles. The Kier molecular flexibility index (Phi) is 11.6. The Morgan fingerprint density at radius 2 is 1.62 bits per heavy atom. The summed E-state index contributed by atoms with van der Waals surface area (Å²) >= 11 is 0. The molecule has 0 aromatic carbocycles. The summed E-state index contributed by atoms with van der Waals surface area (Å²) < 4.78 is 82.2. The molecule has 0 bridgehead atoms. The largest absolute Gasteiger partial charge is 0.490 e. The molecule has 0 radical (unpaired) electrons. The molecular formula is C22H26F7N3O7. The first-order valence-corrected chi connectivity index (χ1v) is 11.2. The number of pyridine rings is 1. The van der Waals surface area contributed by atoms with Crippen LogP contribution in [0.1, 0.15) is 30.1 Å². The Bertz CT molecular complexity index is 1010. The maximum atomic E-state index is 13.3. The summed E-state index contributed by atoms with van der Waals surface area (Å²) in [7, 11) is 1.99. The van der Waals surface area contributed by atoms with Gasteiger partial charge in [-0.15, -0.1) is 0 Å². The van der Waals surface area contributed by atoms with Crippen molar-refractivity contribution in [3.8, 4) is 0 Å². The lowest BCUT2D eigenvalue weighted by molar-refractivity contribution is -0.193. The number of carboxylic acids is 2. The molecule has 2 atom stereocenters. The summed E-state index contributed by atoms with van der Waals surface area (Å²) in [6.07, 6.45) is -7.44. The van der Waals surface area contributed by atoms with Crippen LogP contribution in [0.25, 0.3) is 0 Å². The molecule has 0 unspecified atom stereocenters. The van der Waals surface area contributed by atoms with Crippen LogP contribution in [-0.4, -0.2) is 101 Å². The van der Waals surface area contributed by atoms with E-state index in [0.29, 0.717) is 38.2 Å². The number of carboxylic acid groups (broad SMARTS) is 2. The standard InChI is InChI=1S/C18H24FN3O3.2C2HF3O2/c1-3-25-17(24)18-6-4-8-22(11-14(18)10-21(2)12-18)16(23)13-5-7-20-15(19)9-13;2*3-2(4,5)1(6)7/h5,7,9,14H,3-4,6,8,10-12H2,1-2H3;2*(H,6,7)/t14-,18+;;/m1../s1. The number of alkyl halides is 6. The highest BCUT2D eigenvalue weighted by Gasteiger charge is 2.53. The van der Waals surface area contributed by atoms with Crippen LogP contribution < -0.4 is 0 Å². The molecule has 2 saturated heterocycles. The van der Waals surface area contributed by atoms with Gasteiger partial charge in [-0.25, -0.2) is 14.6 Å². The number of amides is 1. The minimum Gasteiger partial charge on any atom is -0.475 e. The van der Waals surface area contributed by atoms with Crippen LogP contribution in [0, 0.1) is 17.3 Å². The quantitative estimate of drug-likeness (QED) is 0.316. The molecule has 1 aromatic heterocycles. The van der Waals surface area contributed by atoms with E-state index in [1.165, 1.54) is 12.3 Å². The molecule has 0 spiro atoms. The molecule has 220 valence electrons. The summed E-state index contributed by atoms with van der Waals surface area (Å²) in [6.45, 7) is 4.61. The molecule has 17 heteroatoms. The molecule has 1 aromatic rings. The van der Waals surface area contributed by atoms with Gasteiger partial charge < -0.3 is 24.7 Å². The number of hydrogen-bond acceptors (Lipinski definition) is 7. The summed E-state index contributed by atoms with van der Waals surface area (Å²) in [5.41, 5.74) is -0.258. The molecule has 1 amide bonds. The maximum absolute atomic E-state index is 13.3. The van der Waals surface area contributed by atoms with Gasteiger partial charge in [-0.3, -0.25) is 9.59 Å². The fourth-order valence-electron chi connectivity index (χ4n) is 4.20. The number of nitrogens with zero attached hydrogens (tertiary/aromatic N) is 3. The Morgan fingerprint density at radius 1 is 1.08 bits per heavy atom. The number of aromatic nitrogens is 1. The normalized spacial score (nSPS) is 21.3. The minimum absolute atomic E-state index is 0.0229. The van der Waals surface area contributed by atoms with Crippen molar-refractivity contribution in [2.45, 2.75) is 32.1 Å². The second-order valence-corrected chi connectivity index (χ2v) is 8.60. The zero-order chi connectivity index (χ0) is 30.2. The third-order valence-corrected chi connectivity index (χ3v) is 5.78. The maximum Gasteiger partial charge on any atom is 0.490 e. The number of halogens is 7. The average molecular weight is 577 g/mol. The van der Waals surface area contributed by atoms with Gasteiger partial charge in [0.15, 0.2) is 0 Å². The van der Waals surface area contributed by atoms with Crippen molar-refractivity contribution < 1.29 is 64.9 Å². The van der Waals surface area contributed by atoms with Crippen molar-refractivity contribution in [3.05, 3.63) is 29.8 Å². The van der Waals surface area contributed by atoms with Gasteiger partial charge in [0, 0.05) is 49.9 Å². The summed E-state index contributed by atoms with van der Waals surface area (Å²) in [5.74, 6) is -6.53. The highest BCUT2D eigenvalue weighted by Crippen LogP contribution is 2.43. The van der Waals surface area contributed by atoms with Crippen molar-refractivity contribution in [1.29, 1.82) is 0 Å². The number of esters is 1. The van der Waals surface area contributed by atoms with Gasteiger partial charge in [0.1, 0.15) is 0 Å². The van der Waals surface area contributed by atoms with E-state index < -0.39 is 35.7 Å². The topological polar surface area (TPSA) is 137 Å². The second-order valence-electron chi connectivity index (χ2n) is 8.60. The molecule has 10 nitrogen and oxygen atoms in total. The third-order valence-electron chi connectivity index (χ3n) is 5.78. The van der Waals surface area contributed by atoms with E-state index in [2.05, 4.69) is 9.88 Å². The monoisotopic (exact) mass is 577 g/mol. The van der Waals surface area contributed by atoms with Crippen LogP contribution in [0.3, 0.4) is 0 Å². The Balaban J connectivity index is 0.000000449. The molecule has 2 aliphatic heterocycles. The lowest BCUT2D eigenvalue weighted by Crippen LogP contribution is -2.43. The highest BCUT2D eigenvalue weighted by molar-refractivity contribution is 5.94. The van der Waals surface area contributed by atoms with Crippen LogP contribution >= 0.6 is 0 Å². The van der Waals surface area contributed by atoms with Gasteiger partial charge in [0.05, 0.1) is 12.0 Å². The first-order chi connectivity index (χ1) is 17.8. The predicted octanol–water partition coefficient (Wildman–Crippen LogP) is 2.83. The van der Waals surface area contributed by atoms with Crippen LogP contribution in [-0.2, 0) is 19.1 Å². The molecule has 0 aliphatic carbocycles. The van der Waals surface area contributed by atoms with Gasteiger partial charge in [-0.2, -0.15) is 30.7 Å². The van der Waals surface area contributed by atoms with Gasteiger partial charge in [0.2, 0.25) is 5.95 Å². The zero-order valence-electron chi connectivity index (χ0n) is 20.7. The minimum atomic E-state index is -5.08. The van der Waals surface area contributed by atoms with Crippen LogP contribution in [0.5, 0.6) is 0 Å². The first kappa shape index (κ1) is 33.5. The Morgan fingerprint density at radius 3 is 2.08 bits per heavy atom. The van der Waals surface area contributed by atoms with Crippen LogP contribution in [0.2, 0.25) is 0 Å². The lowest BCUT2D eigenvalue weighted by Gasteiger charge is -2.31. The van der Waals surface area contributed by atoms with Gasteiger partial charge >= 0.3 is 30.3 Å². The van der Waals surface area contributed by atoms with Gasteiger partial charge in [-0.1, -0.05) is 0 Å². The molecule has 39 heavy (non-hydrogen) atoms. The number of ether oxygens (including phenoxy) is 1. The summed E-state index contributed by atoms with van der Waals surface area (Å²) in [5, 5.41) is 14.2. The molecule has 2 aliphatic rings. The summed E-state index contributed by atoms with van der Waals surface area (Å²) in [4.78, 5) is 50.6. The number of likely N-dealkylation sites (tertiary alicyclic amines) is 2. The number of rotatable bonds is 3. The lowest BCUT2D eigenvalue weighted by atomic mass is 9.75. The number of aliphatic carboxylic acids is 2. The van der Waals surface area contributed by atoms with Crippen molar-refractivity contribution >= 4 is 23.8 Å². The van der Waals surface area contributed by atoms with E-state index in [0.717, 1.165) is 19.0 Å². The zero-order valence-corrected chi connectivity index (χ0v) is 20.7. The van der Waals surface area contributed by atoms with Crippen molar-refractivity contribution in [2.75, 3.05) is 39.8 Å². The molecule has 2 N–H and O–H groups in total. The van der Waals surface area contributed by atoms with E-state index in [1.54, 1.807) is 4.90 Å². The molecule has 0 saturated carbocycles. The van der Waals surface area contributed by atoms with Crippen molar-refractivity contribution in [2.24, 2.45) is 11.3 Å². The fraction of sp³-hybridized carbons (Fsp3) is 0.591. The number of carbonyl (C=O) groups is 4. The van der Waals surface area contributed by atoms with Crippen LogP contribution in [0.15, 0.2) is 18.3 Å². The molecular weight excluding hydrogens is 551 g/mol. The van der Waals surface area contributed by atoms with E-state index in [1.807, 2.05) is 14.0 Å². The van der Waals surface area contributed by atoms with E-state index in [-0.39, 0.29) is 17.8 Å². The van der Waals surface area contributed by atoms with E-state index in [4.69, 9.17) is 24.5 Å². The summed E-state index contributed by atoms with van der Waals surface area (Å²) in [6, 6.07) is 2.68. The van der Waals surface area contributed by atoms with Crippen molar-refractivity contribution in [1.82, 2.24) is 14.8 Å². The number of fused-ring (bicyclic) bond motifs is 1. The van der Waals surface area contributed by atoms with Gasteiger partial charge in [0.25, 0.3) is 5.91 Å². The van der Waals surface area contributed by atoms with Crippen molar-refractivity contribution in [3.63, 3.8) is 0 Å². The van der Waals surface area contributed by atoms with E-state index in [9.17, 15) is 40.3 Å². The predicted molar refractivity (Wildman–Crippen MR) is 117 cm³/mol. The first-order valence-electron chi connectivity index (χ1n) is 11.2. The fourth-order valence-corrected chi connectivity index (χ4v) is 4.20. The molecule has 3 rings (SSSR count). The second kappa shape index (κ2) is 13.5. The van der Waals surface area contributed by atoms with E-state index >= 15 is 0 Å². The third kappa shape index (κ3) is 9.63. The Labute approximate surface area is 217 Å².